The lowest BCUT2D eigenvalue weighted by atomic mass is 10.1. The van der Waals surface area contributed by atoms with Gasteiger partial charge in [0.1, 0.15) is 5.76 Å². The van der Waals surface area contributed by atoms with Crippen molar-refractivity contribution in [3.05, 3.63) is 24.2 Å². The van der Waals surface area contributed by atoms with Gasteiger partial charge in [0.15, 0.2) is 0 Å². The summed E-state index contributed by atoms with van der Waals surface area (Å²) in [6.07, 6.45) is 8.13. The molecule has 1 aliphatic rings. The van der Waals surface area contributed by atoms with E-state index in [1.54, 1.807) is 6.26 Å². The Bertz CT molecular complexity index is 344. The van der Waals surface area contributed by atoms with Crippen LogP contribution in [-0.4, -0.2) is 37.1 Å². The van der Waals surface area contributed by atoms with Crippen LogP contribution < -0.4 is 5.32 Å². The monoisotopic (exact) mass is 278 g/mol. The van der Waals surface area contributed by atoms with Gasteiger partial charge in [-0.15, -0.1) is 0 Å². The highest BCUT2D eigenvalue weighted by molar-refractivity contribution is 4.98. The van der Waals surface area contributed by atoms with E-state index in [2.05, 4.69) is 30.1 Å². The van der Waals surface area contributed by atoms with Crippen molar-refractivity contribution in [3.63, 3.8) is 0 Å². The van der Waals surface area contributed by atoms with Crippen LogP contribution in [0.1, 0.15) is 45.3 Å². The van der Waals surface area contributed by atoms with Gasteiger partial charge in [0.2, 0.25) is 0 Å². The Balaban J connectivity index is 1.56. The number of nitrogens with one attached hydrogen (secondary N) is 1. The highest BCUT2D eigenvalue weighted by Crippen LogP contribution is 2.11. The zero-order chi connectivity index (χ0) is 14.2. The molecule has 0 bridgehead atoms. The molecule has 2 atom stereocenters. The van der Waals surface area contributed by atoms with Gasteiger partial charge in [0.05, 0.1) is 6.26 Å². The van der Waals surface area contributed by atoms with Crippen LogP contribution >= 0.6 is 0 Å². The van der Waals surface area contributed by atoms with Crippen molar-refractivity contribution in [1.29, 1.82) is 0 Å². The van der Waals surface area contributed by atoms with Gasteiger partial charge < -0.3 is 14.6 Å². The van der Waals surface area contributed by atoms with Gasteiger partial charge in [-0.05, 0) is 63.9 Å². The minimum Gasteiger partial charge on any atom is -0.469 e. The molecule has 1 fully saturated rings. The van der Waals surface area contributed by atoms with Gasteiger partial charge in [0.25, 0.3) is 0 Å². The van der Waals surface area contributed by atoms with Gasteiger partial charge >= 0.3 is 0 Å². The number of hydrogen-bond donors (Lipinski definition) is 1. The molecule has 0 saturated carbocycles. The lowest BCUT2D eigenvalue weighted by molar-refractivity contribution is 0.197. The molecule has 1 aliphatic heterocycles. The number of likely N-dealkylation sites (tertiary alicyclic amines) is 1. The van der Waals surface area contributed by atoms with E-state index in [-0.39, 0.29) is 0 Å². The zero-order valence-corrected chi connectivity index (χ0v) is 13.1. The molecule has 0 aromatic carbocycles. The molecular formula is C17H30N2O. The fourth-order valence-corrected chi connectivity index (χ4v) is 2.97. The number of rotatable bonds is 8. The summed E-state index contributed by atoms with van der Waals surface area (Å²) < 4.78 is 5.38. The molecule has 114 valence electrons. The maximum Gasteiger partial charge on any atom is 0.103 e. The maximum atomic E-state index is 5.38. The molecule has 3 heteroatoms. The molecule has 1 N–H and O–H groups in total. The summed E-state index contributed by atoms with van der Waals surface area (Å²) in [5.74, 6) is 1.83. The summed E-state index contributed by atoms with van der Waals surface area (Å²) >= 11 is 0. The van der Waals surface area contributed by atoms with E-state index in [9.17, 15) is 0 Å². The van der Waals surface area contributed by atoms with E-state index < -0.39 is 0 Å². The first-order valence-electron chi connectivity index (χ1n) is 8.22. The Morgan fingerprint density at radius 2 is 2.05 bits per heavy atom. The van der Waals surface area contributed by atoms with Crippen molar-refractivity contribution in [3.8, 4) is 0 Å². The van der Waals surface area contributed by atoms with Crippen molar-refractivity contribution in [1.82, 2.24) is 10.2 Å². The van der Waals surface area contributed by atoms with Crippen molar-refractivity contribution < 1.29 is 4.42 Å². The van der Waals surface area contributed by atoms with Crippen LogP contribution in [0.2, 0.25) is 0 Å². The second-order valence-corrected chi connectivity index (χ2v) is 6.39. The lowest BCUT2D eigenvalue weighted by Crippen LogP contribution is -2.38. The van der Waals surface area contributed by atoms with Gasteiger partial charge in [0, 0.05) is 19.0 Å². The molecular weight excluding hydrogens is 248 g/mol. The maximum absolute atomic E-state index is 5.38. The Hall–Kier alpha value is -0.800. The number of nitrogens with zero attached hydrogens (tertiary/aromatic N) is 1. The van der Waals surface area contributed by atoms with Crippen molar-refractivity contribution in [2.24, 2.45) is 5.92 Å². The van der Waals surface area contributed by atoms with E-state index in [1.807, 2.05) is 6.07 Å². The molecule has 2 unspecified atom stereocenters. The van der Waals surface area contributed by atoms with Crippen LogP contribution in [-0.2, 0) is 6.42 Å². The standard InChI is InChI=1S/C17H30N2O/c1-15(14-19-10-4-3-5-11-19)13-18-16(2)8-9-17-7-6-12-20-17/h6-7,12,15-16,18H,3-5,8-11,13-14H2,1-2H3. The average molecular weight is 278 g/mol. The number of aryl methyl sites for hydroxylation is 1. The summed E-state index contributed by atoms with van der Waals surface area (Å²) in [7, 11) is 0. The molecule has 20 heavy (non-hydrogen) atoms. The molecule has 0 radical (unpaired) electrons. The average Bonchev–Trinajstić information content (AvgIpc) is 2.97. The van der Waals surface area contributed by atoms with Crippen LogP contribution in [0.5, 0.6) is 0 Å². The van der Waals surface area contributed by atoms with E-state index in [0.717, 1.165) is 31.1 Å². The molecule has 1 saturated heterocycles. The van der Waals surface area contributed by atoms with E-state index in [4.69, 9.17) is 4.42 Å². The Morgan fingerprint density at radius 3 is 2.75 bits per heavy atom. The first-order chi connectivity index (χ1) is 9.74. The highest BCUT2D eigenvalue weighted by atomic mass is 16.3. The third kappa shape index (κ3) is 5.68. The van der Waals surface area contributed by atoms with Crippen molar-refractivity contribution in [2.45, 2.75) is 52.0 Å². The third-order valence-corrected chi connectivity index (χ3v) is 4.24. The zero-order valence-electron chi connectivity index (χ0n) is 13.1. The predicted molar refractivity (Wildman–Crippen MR) is 83.9 cm³/mol. The summed E-state index contributed by atoms with van der Waals surface area (Å²) in [6.45, 7) is 9.61. The number of furan rings is 1. The van der Waals surface area contributed by atoms with Crippen LogP contribution in [0, 0.1) is 5.92 Å². The van der Waals surface area contributed by atoms with Gasteiger partial charge in [-0.1, -0.05) is 13.3 Å². The molecule has 1 aromatic rings. The second kappa shape index (κ2) is 8.48. The summed E-state index contributed by atoms with van der Waals surface area (Å²) in [4.78, 5) is 2.63. The SMILES string of the molecule is CC(CNC(C)CCc1ccco1)CN1CCCCC1. The van der Waals surface area contributed by atoms with Crippen molar-refractivity contribution in [2.75, 3.05) is 26.2 Å². The number of hydrogen-bond acceptors (Lipinski definition) is 3. The molecule has 1 aromatic heterocycles. The molecule has 0 spiro atoms. The minimum atomic E-state index is 0.559. The Morgan fingerprint density at radius 1 is 1.25 bits per heavy atom. The number of piperidine rings is 1. The lowest BCUT2D eigenvalue weighted by Gasteiger charge is -2.29. The topological polar surface area (TPSA) is 28.4 Å². The largest absolute Gasteiger partial charge is 0.469 e. The smallest absolute Gasteiger partial charge is 0.103 e. The third-order valence-electron chi connectivity index (χ3n) is 4.24. The second-order valence-electron chi connectivity index (χ2n) is 6.39. The predicted octanol–water partition coefficient (Wildman–Crippen LogP) is 3.31. The summed E-state index contributed by atoms with van der Waals surface area (Å²) in [6, 6.07) is 4.59. The Kier molecular flexibility index (Phi) is 6.61. The Labute approximate surface area is 123 Å². The first kappa shape index (κ1) is 15.6. The van der Waals surface area contributed by atoms with Crippen LogP contribution in [0.25, 0.3) is 0 Å². The van der Waals surface area contributed by atoms with Gasteiger partial charge in [-0.25, -0.2) is 0 Å². The minimum absolute atomic E-state index is 0.559. The van der Waals surface area contributed by atoms with E-state index >= 15 is 0 Å². The van der Waals surface area contributed by atoms with Crippen molar-refractivity contribution >= 4 is 0 Å². The highest BCUT2D eigenvalue weighted by Gasteiger charge is 2.14. The first-order valence-corrected chi connectivity index (χ1v) is 8.22. The van der Waals surface area contributed by atoms with E-state index in [1.165, 1.54) is 38.9 Å². The van der Waals surface area contributed by atoms with Gasteiger partial charge in [-0.2, -0.15) is 0 Å². The summed E-state index contributed by atoms with van der Waals surface area (Å²) in [5, 5.41) is 3.67. The van der Waals surface area contributed by atoms with Crippen LogP contribution in [0.15, 0.2) is 22.8 Å². The molecule has 3 nitrogen and oxygen atoms in total. The summed E-state index contributed by atoms with van der Waals surface area (Å²) in [5.41, 5.74) is 0. The fourth-order valence-electron chi connectivity index (χ4n) is 2.97. The fraction of sp³-hybridized carbons (Fsp3) is 0.765. The normalized spacial score (nSPS) is 19.9. The molecule has 2 rings (SSSR count). The molecule has 0 aliphatic carbocycles. The quantitative estimate of drug-likeness (QED) is 0.791. The van der Waals surface area contributed by atoms with E-state index in [0.29, 0.717) is 6.04 Å². The molecule has 2 heterocycles. The van der Waals surface area contributed by atoms with Gasteiger partial charge in [-0.3, -0.25) is 0 Å². The van der Waals surface area contributed by atoms with Crippen LogP contribution in [0.3, 0.4) is 0 Å². The molecule has 0 amide bonds. The van der Waals surface area contributed by atoms with Crippen LogP contribution in [0.4, 0.5) is 0 Å².